The van der Waals surface area contributed by atoms with Gasteiger partial charge < -0.3 is 9.80 Å². The van der Waals surface area contributed by atoms with Crippen LogP contribution in [0, 0.1) is 12.7 Å². The highest BCUT2D eigenvalue weighted by Crippen LogP contribution is 2.29. The van der Waals surface area contributed by atoms with Crippen molar-refractivity contribution in [2.75, 3.05) is 31.1 Å². The second kappa shape index (κ2) is 10.5. The van der Waals surface area contributed by atoms with Crippen LogP contribution in [0.2, 0.25) is 5.02 Å². The lowest BCUT2D eigenvalue weighted by Crippen LogP contribution is -2.49. The molecule has 1 fully saturated rings. The van der Waals surface area contributed by atoms with Gasteiger partial charge in [-0.3, -0.25) is 4.79 Å². The summed E-state index contributed by atoms with van der Waals surface area (Å²) in [6.07, 6.45) is 0.690. The number of aryl methyl sites for hydroxylation is 1. The molecule has 1 saturated heterocycles. The molecule has 7 heteroatoms. The smallest absolute Gasteiger partial charge is 0.253 e. The quantitative estimate of drug-likeness (QED) is 0.347. The van der Waals surface area contributed by atoms with Crippen LogP contribution in [0.15, 0.2) is 78.9 Å². The van der Waals surface area contributed by atoms with Crippen molar-refractivity contribution in [1.82, 2.24) is 14.9 Å². The summed E-state index contributed by atoms with van der Waals surface area (Å²) in [5.41, 5.74) is 4.34. The SMILES string of the molecule is Cc1nc(-c2cccc(F)c2)nc(N2CCN(C(=O)c3ccc(Cl)cc3)CC2)c1Cc1ccccc1. The van der Waals surface area contributed by atoms with Crippen molar-refractivity contribution in [3.63, 3.8) is 0 Å². The molecule has 0 unspecified atom stereocenters. The Morgan fingerprint density at radius 1 is 0.917 bits per heavy atom. The molecule has 4 aromatic rings. The van der Waals surface area contributed by atoms with E-state index in [9.17, 15) is 9.18 Å². The van der Waals surface area contributed by atoms with Crippen molar-refractivity contribution in [1.29, 1.82) is 0 Å². The highest BCUT2D eigenvalue weighted by Gasteiger charge is 2.26. The maximum Gasteiger partial charge on any atom is 0.253 e. The van der Waals surface area contributed by atoms with Crippen LogP contribution in [0.1, 0.15) is 27.2 Å². The van der Waals surface area contributed by atoms with Crippen LogP contribution in [0.5, 0.6) is 0 Å². The third-order valence-electron chi connectivity index (χ3n) is 6.46. The molecular weight excluding hydrogens is 475 g/mol. The highest BCUT2D eigenvalue weighted by molar-refractivity contribution is 6.30. The van der Waals surface area contributed by atoms with E-state index < -0.39 is 0 Å². The number of nitrogens with zero attached hydrogens (tertiary/aromatic N) is 4. The van der Waals surface area contributed by atoms with Crippen molar-refractivity contribution in [3.05, 3.63) is 112 Å². The third-order valence-corrected chi connectivity index (χ3v) is 6.71. The van der Waals surface area contributed by atoms with Gasteiger partial charge >= 0.3 is 0 Å². The minimum absolute atomic E-state index is 0.00450. The number of rotatable bonds is 5. The average molecular weight is 501 g/mol. The van der Waals surface area contributed by atoms with E-state index in [1.165, 1.54) is 17.7 Å². The van der Waals surface area contributed by atoms with E-state index >= 15 is 0 Å². The first kappa shape index (κ1) is 23.9. The normalized spacial score (nSPS) is 13.6. The number of carbonyl (C=O) groups is 1. The Morgan fingerprint density at radius 3 is 2.33 bits per heavy atom. The first-order chi connectivity index (χ1) is 17.5. The molecule has 0 spiro atoms. The summed E-state index contributed by atoms with van der Waals surface area (Å²) in [6, 6.07) is 23.6. The fraction of sp³-hybridized carbons (Fsp3) is 0.207. The van der Waals surface area contributed by atoms with E-state index in [2.05, 4.69) is 17.0 Å². The lowest BCUT2D eigenvalue weighted by Gasteiger charge is -2.36. The van der Waals surface area contributed by atoms with Gasteiger partial charge in [0.25, 0.3) is 5.91 Å². The molecule has 0 saturated carbocycles. The summed E-state index contributed by atoms with van der Waals surface area (Å²) in [5.74, 6) is 1.01. The fourth-order valence-electron chi connectivity index (χ4n) is 4.50. The average Bonchev–Trinajstić information content (AvgIpc) is 2.90. The summed E-state index contributed by atoms with van der Waals surface area (Å²) in [6.45, 7) is 4.40. The van der Waals surface area contributed by atoms with Gasteiger partial charge in [-0.05, 0) is 48.9 Å². The van der Waals surface area contributed by atoms with Crippen LogP contribution < -0.4 is 4.90 Å². The number of aromatic nitrogens is 2. The zero-order valence-corrected chi connectivity index (χ0v) is 20.8. The van der Waals surface area contributed by atoms with Crippen LogP contribution in [-0.4, -0.2) is 47.0 Å². The number of piperazine rings is 1. The molecule has 0 radical (unpaired) electrons. The van der Waals surface area contributed by atoms with Gasteiger partial charge in [0.05, 0.1) is 0 Å². The molecule has 0 bridgehead atoms. The Kier molecular flexibility index (Phi) is 6.96. The molecule has 0 aliphatic carbocycles. The first-order valence-electron chi connectivity index (χ1n) is 11.9. The minimum Gasteiger partial charge on any atom is -0.353 e. The van der Waals surface area contributed by atoms with Gasteiger partial charge in [0.15, 0.2) is 5.82 Å². The van der Waals surface area contributed by atoms with Crippen LogP contribution in [0.4, 0.5) is 10.2 Å². The predicted octanol–water partition coefficient (Wildman–Crippen LogP) is 5.80. The van der Waals surface area contributed by atoms with Gasteiger partial charge in [-0.1, -0.05) is 54.1 Å². The third kappa shape index (κ3) is 5.24. The number of benzene rings is 3. The predicted molar refractivity (Wildman–Crippen MR) is 141 cm³/mol. The van der Waals surface area contributed by atoms with Crippen molar-refractivity contribution < 1.29 is 9.18 Å². The summed E-state index contributed by atoms with van der Waals surface area (Å²) in [5, 5.41) is 0.607. The molecule has 2 heterocycles. The number of carbonyl (C=O) groups excluding carboxylic acids is 1. The van der Waals surface area contributed by atoms with E-state index in [1.54, 1.807) is 30.3 Å². The van der Waals surface area contributed by atoms with Crippen LogP contribution >= 0.6 is 11.6 Å². The molecule has 3 aromatic carbocycles. The standard InChI is InChI=1S/C29H26ClFN4O/c1-20-26(18-21-6-3-2-4-7-21)28(33-27(32-20)23-8-5-9-25(31)19-23)34-14-16-35(17-15-34)29(36)22-10-12-24(30)13-11-22/h2-13,19H,14-18H2,1H3. The van der Waals surface area contributed by atoms with Gasteiger partial charge in [-0.15, -0.1) is 0 Å². The molecule has 36 heavy (non-hydrogen) atoms. The van der Waals surface area contributed by atoms with Gasteiger partial charge in [0.1, 0.15) is 11.6 Å². The van der Waals surface area contributed by atoms with Gasteiger partial charge in [-0.25, -0.2) is 14.4 Å². The maximum absolute atomic E-state index is 13.9. The van der Waals surface area contributed by atoms with Gasteiger partial charge in [0.2, 0.25) is 0 Å². The molecule has 0 atom stereocenters. The Labute approximate surface area is 215 Å². The summed E-state index contributed by atoms with van der Waals surface area (Å²) in [4.78, 5) is 26.7. The van der Waals surface area contributed by atoms with Gasteiger partial charge in [-0.2, -0.15) is 0 Å². The van der Waals surface area contributed by atoms with Crippen LogP contribution in [0.3, 0.4) is 0 Å². The summed E-state index contributed by atoms with van der Waals surface area (Å²) >= 11 is 5.98. The van der Waals surface area contributed by atoms with Crippen molar-refractivity contribution in [2.24, 2.45) is 0 Å². The monoisotopic (exact) mass is 500 g/mol. The second-order valence-electron chi connectivity index (χ2n) is 8.89. The number of halogens is 2. The summed E-state index contributed by atoms with van der Waals surface area (Å²) < 4.78 is 13.9. The minimum atomic E-state index is -0.321. The van der Waals surface area contributed by atoms with E-state index in [1.807, 2.05) is 36.1 Å². The van der Waals surface area contributed by atoms with Crippen LogP contribution in [0.25, 0.3) is 11.4 Å². The summed E-state index contributed by atoms with van der Waals surface area (Å²) in [7, 11) is 0. The molecule has 1 aliphatic rings. The molecule has 0 N–H and O–H groups in total. The van der Waals surface area contributed by atoms with Crippen molar-refractivity contribution in [2.45, 2.75) is 13.3 Å². The zero-order valence-electron chi connectivity index (χ0n) is 20.0. The Balaban J connectivity index is 1.44. The molecule has 5 nitrogen and oxygen atoms in total. The van der Waals surface area contributed by atoms with Gasteiger partial charge in [0, 0.05) is 60.0 Å². The molecule has 5 rings (SSSR count). The van der Waals surface area contributed by atoms with E-state index in [0.717, 1.165) is 17.1 Å². The lowest BCUT2D eigenvalue weighted by atomic mass is 10.0. The zero-order chi connectivity index (χ0) is 25.1. The number of hydrogen-bond donors (Lipinski definition) is 0. The fourth-order valence-corrected chi connectivity index (χ4v) is 4.63. The van der Waals surface area contributed by atoms with Crippen molar-refractivity contribution in [3.8, 4) is 11.4 Å². The van der Waals surface area contributed by atoms with Crippen molar-refractivity contribution >= 4 is 23.3 Å². The topological polar surface area (TPSA) is 49.3 Å². The Hall–Kier alpha value is -3.77. The van der Waals surface area contributed by atoms with Crippen LogP contribution in [-0.2, 0) is 6.42 Å². The molecule has 1 aromatic heterocycles. The maximum atomic E-state index is 13.9. The number of hydrogen-bond acceptors (Lipinski definition) is 4. The van der Waals surface area contributed by atoms with E-state index in [-0.39, 0.29) is 11.7 Å². The lowest BCUT2D eigenvalue weighted by molar-refractivity contribution is 0.0746. The Morgan fingerprint density at radius 2 is 1.64 bits per heavy atom. The molecular formula is C29H26ClFN4O. The van der Waals surface area contributed by atoms with E-state index in [4.69, 9.17) is 21.6 Å². The number of anilines is 1. The molecule has 182 valence electrons. The number of amides is 1. The van der Waals surface area contributed by atoms with E-state index in [0.29, 0.717) is 54.6 Å². The molecule has 1 aliphatic heterocycles. The second-order valence-corrected chi connectivity index (χ2v) is 9.33. The highest BCUT2D eigenvalue weighted by atomic mass is 35.5. The largest absolute Gasteiger partial charge is 0.353 e. The molecule has 1 amide bonds. The first-order valence-corrected chi connectivity index (χ1v) is 12.3. The Bertz CT molecular complexity index is 1370.